The number of benzene rings is 2. The third-order valence-electron chi connectivity index (χ3n) is 4.72. The second kappa shape index (κ2) is 6.93. The van der Waals surface area contributed by atoms with Crippen LogP contribution >= 0.6 is 0 Å². The van der Waals surface area contributed by atoms with Crippen LogP contribution in [0.3, 0.4) is 0 Å². The minimum atomic E-state index is -1.36. The Morgan fingerprint density at radius 3 is 1.19 bits per heavy atom. The lowest BCUT2D eigenvalue weighted by atomic mass is 9.83. The van der Waals surface area contributed by atoms with E-state index in [0.717, 1.165) is 11.1 Å². The van der Waals surface area contributed by atoms with Gasteiger partial charge in [-0.05, 0) is 46.2 Å². The van der Waals surface area contributed by atoms with Gasteiger partial charge < -0.3 is 20.4 Å². The fourth-order valence-electron chi connectivity index (χ4n) is 2.86. The molecule has 2 aromatic carbocycles. The van der Waals surface area contributed by atoms with Crippen molar-refractivity contribution in [2.45, 2.75) is 64.6 Å². The van der Waals surface area contributed by atoms with E-state index in [1.54, 1.807) is 24.3 Å². The van der Waals surface area contributed by atoms with E-state index in [4.69, 9.17) is 0 Å². The average Bonchev–Trinajstić information content (AvgIpc) is 2.52. The maximum absolute atomic E-state index is 10.7. The maximum atomic E-state index is 10.7. The molecular formula is C22H30O4. The number of phenols is 2. The number of aliphatic hydroxyl groups is 2. The molecule has 4 heteroatoms. The molecule has 0 bridgehead atoms. The van der Waals surface area contributed by atoms with E-state index < -0.39 is 12.2 Å². The highest BCUT2D eigenvalue weighted by Crippen LogP contribution is 2.40. The number of hydrogen-bond acceptors (Lipinski definition) is 4. The number of rotatable bonds is 3. The van der Waals surface area contributed by atoms with Crippen molar-refractivity contribution in [3.8, 4) is 11.5 Å². The van der Waals surface area contributed by atoms with Gasteiger partial charge in [-0.15, -0.1) is 0 Å². The molecule has 4 nitrogen and oxygen atoms in total. The minimum Gasteiger partial charge on any atom is -0.508 e. The third-order valence-corrected chi connectivity index (χ3v) is 4.72. The van der Waals surface area contributed by atoms with Gasteiger partial charge in [-0.25, -0.2) is 0 Å². The van der Waals surface area contributed by atoms with Gasteiger partial charge in [0.25, 0.3) is 0 Å². The summed E-state index contributed by atoms with van der Waals surface area (Å²) in [4.78, 5) is 0. The monoisotopic (exact) mass is 358 g/mol. The second-order valence-corrected chi connectivity index (χ2v) is 8.94. The number of aromatic hydroxyl groups is 2. The van der Waals surface area contributed by atoms with Crippen molar-refractivity contribution in [1.82, 2.24) is 0 Å². The summed E-state index contributed by atoms with van der Waals surface area (Å²) in [6.07, 6.45) is -2.73. The molecule has 0 saturated heterocycles. The van der Waals surface area contributed by atoms with E-state index >= 15 is 0 Å². The van der Waals surface area contributed by atoms with Crippen LogP contribution in [-0.4, -0.2) is 20.4 Å². The summed E-state index contributed by atoms with van der Waals surface area (Å²) in [5.74, 6) is -0.174. The minimum absolute atomic E-state index is 0.0870. The molecule has 0 aliphatic carbocycles. The SMILES string of the molecule is CC(C)(C)c1ccc(O)c(C(O)C(O)c2cc(C(C)(C)C)ccc2O)c1. The van der Waals surface area contributed by atoms with Crippen LogP contribution in [0.1, 0.15) is 76.0 Å². The van der Waals surface area contributed by atoms with Gasteiger partial charge in [-0.1, -0.05) is 53.7 Å². The lowest BCUT2D eigenvalue weighted by Gasteiger charge is -2.26. The molecule has 0 fully saturated rings. The Labute approximate surface area is 155 Å². The van der Waals surface area contributed by atoms with Gasteiger partial charge in [0.1, 0.15) is 23.7 Å². The van der Waals surface area contributed by atoms with E-state index in [1.165, 1.54) is 12.1 Å². The van der Waals surface area contributed by atoms with Gasteiger partial charge in [0.15, 0.2) is 0 Å². The summed E-state index contributed by atoms with van der Waals surface area (Å²) < 4.78 is 0. The van der Waals surface area contributed by atoms with Crippen molar-refractivity contribution in [1.29, 1.82) is 0 Å². The topological polar surface area (TPSA) is 80.9 Å². The van der Waals surface area contributed by atoms with Crippen LogP contribution in [0.2, 0.25) is 0 Å². The maximum Gasteiger partial charge on any atom is 0.121 e. The van der Waals surface area contributed by atoms with Crippen molar-refractivity contribution in [3.05, 3.63) is 58.7 Å². The van der Waals surface area contributed by atoms with Crippen LogP contribution in [0.15, 0.2) is 36.4 Å². The fourth-order valence-corrected chi connectivity index (χ4v) is 2.86. The molecule has 0 amide bonds. The normalized spacial score (nSPS) is 14.9. The van der Waals surface area contributed by atoms with Crippen LogP contribution in [0, 0.1) is 0 Å². The highest BCUT2D eigenvalue weighted by atomic mass is 16.3. The molecule has 142 valence electrons. The first-order chi connectivity index (χ1) is 11.8. The molecular weight excluding hydrogens is 328 g/mol. The molecule has 26 heavy (non-hydrogen) atoms. The number of hydrogen-bond donors (Lipinski definition) is 4. The quantitative estimate of drug-likeness (QED) is 0.653. The van der Waals surface area contributed by atoms with Crippen LogP contribution < -0.4 is 0 Å². The predicted octanol–water partition coefficient (Wildman–Crippen LogP) is 4.46. The van der Waals surface area contributed by atoms with E-state index in [-0.39, 0.29) is 33.5 Å². The Hall–Kier alpha value is -2.04. The molecule has 2 atom stereocenters. The molecule has 0 aromatic heterocycles. The molecule has 2 rings (SSSR count). The van der Waals surface area contributed by atoms with E-state index in [1.807, 2.05) is 41.5 Å². The first-order valence-corrected chi connectivity index (χ1v) is 8.85. The third kappa shape index (κ3) is 4.19. The molecule has 2 unspecified atom stereocenters. The van der Waals surface area contributed by atoms with Crippen LogP contribution in [0.5, 0.6) is 11.5 Å². The summed E-state index contributed by atoms with van der Waals surface area (Å²) in [5, 5.41) is 41.8. The van der Waals surface area contributed by atoms with Crippen molar-refractivity contribution in [2.75, 3.05) is 0 Å². The highest BCUT2D eigenvalue weighted by molar-refractivity contribution is 5.44. The lowest BCUT2D eigenvalue weighted by molar-refractivity contribution is 0.0144. The summed E-state index contributed by atoms with van der Waals surface area (Å²) >= 11 is 0. The van der Waals surface area contributed by atoms with Crippen LogP contribution in [0.4, 0.5) is 0 Å². The summed E-state index contributed by atoms with van der Waals surface area (Å²) in [6.45, 7) is 12.2. The Morgan fingerprint density at radius 2 is 0.923 bits per heavy atom. The van der Waals surface area contributed by atoms with E-state index in [2.05, 4.69) is 0 Å². The molecule has 0 saturated carbocycles. The van der Waals surface area contributed by atoms with Gasteiger partial charge >= 0.3 is 0 Å². The first-order valence-electron chi connectivity index (χ1n) is 8.85. The summed E-state index contributed by atoms with van der Waals surface area (Å²) in [6, 6.07) is 10.1. The van der Waals surface area contributed by atoms with Gasteiger partial charge in [0.05, 0.1) is 0 Å². The molecule has 0 heterocycles. The second-order valence-electron chi connectivity index (χ2n) is 8.94. The molecule has 0 spiro atoms. The lowest BCUT2D eigenvalue weighted by Crippen LogP contribution is -2.16. The smallest absolute Gasteiger partial charge is 0.121 e. The summed E-state index contributed by atoms with van der Waals surface area (Å²) in [7, 11) is 0. The number of aliphatic hydroxyl groups excluding tert-OH is 2. The molecule has 2 aromatic rings. The standard InChI is InChI=1S/C22H30O4/c1-21(2,3)13-7-9-17(23)15(11-13)19(25)20(26)16-12-14(22(4,5)6)8-10-18(16)24/h7-12,19-20,23-26H,1-6H3. The van der Waals surface area contributed by atoms with Crippen molar-refractivity contribution in [2.24, 2.45) is 0 Å². The zero-order chi connectivity index (χ0) is 19.9. The van der Waals surface area contributed by atoms with Crippen molar-refractivity contribution >= 4 is 0 Å². The van der Waals surface area contributed by atoms with Gasteiger partial charge in [0, 0.05) is 11.1 Å². The Balaban J connectivity index is 2.46. The average molecular weight is 358 g/mol. The Kier molecular flexibility index (Phi) is 5.41. The number of phenolic OH excluding ortho intramolecular Hbond substituents is 2. The predicted molar refractivity (Wildman–Crippen MR) is 104 cm³/mol. The largest absolute Gasteiger partial charge is 0.508 e. The Morgan fingerprint density at radius 1 is 0.615 bits per heavy atom. The van der Waals surface area contributed by atoms with Crippen LogP contribution in [-0.2, 0) is 10.8 Å². The van der Waals surface area contributed by atoms with Gasteiger partial charge in [0.2, 0.25) is 0 Å². The first kappa shape index (κ1) is 20.3. The van der Waals surface area contributed by atoms with E-state index in [0.29, 0.717) is 0 Å². The zero-order valence-electron chi connectivity index (χ0n) is 16.4. The zero-order valence-corrected chi connectivity index (χ0v) is 16.4. The van der Waals surface area contributed by atoms with Gasteiger partial charge in [-0.3, -0.25) is 0 Å². The van der Waals surface area contributed by atoms with Crippen molar-refractivity contribution < 1.29 is 20.4 Å². The fraction of sp³-hybridized carbons (Fsp3) is 0.455. The van der Waals surface area contributed by atoms with Crippen molar-refractivity contribution in [3.63, 3.8) is 0 Å². The molecule has 0 radical (unpaired) electrons. The van der Waals surface area contributed by atoms with Crippen LogP contribution in [0.25, 0.3) is 0 Å². The van der Waals surface area contributed by atoms with E-state index in [9.17, 15) is 20.4 Å². The molecule has 4 N–H and O–H groups in total. The molecule has 0 aliphatic heterocycles. The summed E-state index contributed by atoms with van der Waals surface area (Å²) in [5.41, 5.74) is 2.02. The highest BCUT2D eigenvalue weighted by Gasteiger charge is 2.28. The molecule has 0 aliphatic rings. The Bertz CT molecular complexity index is 714. The van der Waals surface area contributed by atoms with Gasteiger partial charge in [-0.2, -0.15) is 0 Å².